The second kappa shape index (κ2) is 10.2. The van der Waals surface area contributed by atoms with Gasteiger partial charge in [-0.15, -0.1) is 0 Å². The third kappa shape index (κ3) is 6.92. The number of aryl methyl sites for hydroxylation is 1. The highest BCUT2D eigenvalue weighted by molar-refractivity contribution is 7.90. The van der Waals surface area contributed by atoms with Crippen LogP contribution < -0.4 is 10.6 Å². The number of hydrogen-bond acceptors (Lipinski definition) is 6. The Balaban J connectivity index is 1.94. The van der Waals surface area contributed by atoms with Gasteiger partial charge in [-0.3, -0.25) is 9.59 Å². The first-order valence-electron chi connectivity index (χ1n) is 9.62. The molecule has 0 bridgehead atoms. The van der Waals surface area contributed by atoms with Gasteiger partial charge in [-0.05, 0) is 48.7 Å². The Bertz CT molecular complexity index is 1060. The lowest BCUT2D eigenvalue weighted by Crippen LogP contribution is -2.46. The molecule has 2 aromatic carbocycles. The molecule has 0 fully saturated rings. The normalized spacial score (nSPS) is 12.2. The van der Waals surface area contributed by atoms with Crippen molar-refractivity contribution in [2.45, 2.75) is 31.7 Å². The third-order valence-corrected chi connectivity index (χ3v) is 5.64. The van der Waals surface area contributed by atoms with Gasteiger partial charge in [0.25, 0.3) is 11.8 Å². The van der Waals surface area contributed by atoms with Crippen LogP contribution in [0, 0.1) is 12.8 Å². The summed E-state index contributed by atoms with van der Waals surface area (Å²) in [4.78, 5) is 37.2. The Labute approximate surface area is 181 Å². The lowest BCUT2D eigenvalue weighted by atomic mass is 10.0. The molecule has 8 nitrogen and oxygen atoms in total. The molecule has 31 heavy (non-hydrogen) atoms. The first kappa shape index (κ1) is 24.1. The number of anilines is 1. The molecule has 9 heteroatoms. The average Bonchev–Trinajstić information content (AvgIpc) is 2.70. The monoisotopic (exact) mass is 446 g/mol. The van der Waals surface area contributed by atoms with E-state index in [0.29, 0.717) is 11.3 Å². The summed E-state index contributed by atoms with van der Waals surface area (Å²) in [5.74, 6) is -1.97. The average molecular weight is 447 g/mol. The fourth-order valence-corrected chi connectivity index (χ4v) is 3.38. The largest absolute Gasteiger partial charge is 0.454 e. The van der Waals surface area contributed by atoms with Crippen LogP contribution in [0.2, 0.25) is 0 Å². The van der Waals surface area contributed by atoms with E-state index >= 15 is 0 Å². The van der Waals surface area contributed by atoms with Gasteiger partial charge in [-0.2, -0.15) is 0 Å². The zero-order valence-electron chi connectivity index (χ0n) is 17.8. The second-order valence-corrected chi connectivity index (χ2v) is 9.48. The number of esters is 1. The van der Waals surface area contributed by atoms with Gasteiger partial charge in [-0.1, -0.05) is 32.0 Å². The van der Waals surface area contributed by atoms with E-state index in [1.807, 2.05) is 6.07 Å². The molecule has 166 valence electrons. The number of sulfone groups is 1. The highest BCUT2D eigenvalue weighted by Crippen LogP contribution is 2.14. The van der Waals surface area contributed by atoms with Crippen LogP contribution in [0.1, 0.15) is 29.8 Å². The minimum Gasteiger partial charge on any atom is -0.454 e. The minimum absolute atomic E-state index is 0.126. The first-order chi connectivity index (χ1) is 14.5. The fraction of sp³-hybridized carbons (Fsp3) is 0.318. The summed E-state index contributed by atoms with van der Waals surface area (Å²) in [5, 5.41) is 5.18. The Morgan fingerprint density at radius 1 is 1.00 bits per heavy atom. The predicted octanol–water partition coefficient (Wildman–Crippen LogP) is 2.33. The molecule has 0 saturated carbocycles. The summed E-state index contributed by atoms with van der Waals surface area (Å²) in [6, 6.07) is 11.7. The number of rotatable bonds is 8. The van der Waals surface area contributed by atoms with E-state index < -0.39 is 40.3 Å². The standard InChI is InChI=1S/C22H26N2O6S/c1-14(2)20(24-21(26)18-8-6-5-7-15(18)3)22(27)30-13-19(25)23-16-9-11-17(12-10-16)31(4,28)29/h5-12,14,20H,13H2,1-4H3,(H,23,25)(H,24,26)/t20-/m0/s1. The number of carbonyl (C=O) groups excluding carboxylic acids is 3. The fourth-order valence-electron chi connectivity index (χ4n) is 2.75. The third-order valence-electron chi connectivity index (χ3n) is 4.51. The van der Waals surface area contributed by atoms with Crippen LogP contribution in [-0.2, 0) is 24.2 Å². The van der Waals surface area contributed by atoms with Gasteiger partial charge in [0, 0.05) is 17.5 Å². The van der Waals surface area contributed by atoms with Crippen LogP contribution in [0.25, 0.3) is 0 Å². The molecular formula is C22H26N2O6S. The molecule has 0 saturated heterocycles. The SMILES string of the molecule is Cc1ccccc1C(=O)N[C@H](C(=O)OCC(=O)Nc1ccc(S(C)(=O)=O)cc1)C(C)C. The van der Waals surface area contributed by atoms with Gasteiger partial charge in [0.05, 0.1) is 4.90 Å². The molecule has 0 aliphatic heterocycles. The maximum atomic E-state index is 12.5. The van der Waals surface area contributed by atoms with Crippen molar-refractivity contribution >= 4 is 33.3 Å². The van der Waals surface area contributed by atoms with E-state index in [2.05, 4.69) is 10.6 Å². The van der Waals surface area contributed by atoms with E-state index in [1.54, 1.807) is 39.0 Å². The number of carbonyl (C=O) groups is 3. The summed E-state index contributed by atoms with van der Waals surface area (Å²) in [6.45, 7) is 4.77. The van der Waals surface area contributed by atoms with Crippen molar-refractivity contribution in [1.29, 1.82) is 0 Å². The molecular weight excluding hydrogens is 420 g/mol. The molecule has 1 atom stereocenters. The van der Waals surface area contributed by atoms with E-state index in [0.717, 1.165) is 11.8 Å². The molecule has 0 unspecified atom stereocenters. The Morgan fingerprint density at radius 3 is 2.16 bits per heavy atom. The Morgan fingerprint density at radius 2 is 1.61 bits per heavy atom. The highest BCUT2D eigenvalue weighted by Gasteiger charge is 2.27. The molecule has 2 amide bonds. The predicted molar refractivity (Wildman–Crippen MR) is 116 cm³/mol. The molecule has 2 rings (SSSR count). The van der Waals surface area contributed by atoms with Crippen LogP contribution in [0.15, 0.2) is 53.4 Å². The summed E-state index contributed by atoms with van der Waals surface area (Å²) in [6.07, 6.45) is 1.09. The summed E-state index contributed by atoms with van der Waals surface area (Å²) in [7, 11) is -3.34. The van der Waals surface area contributed by atoms with Crippen molar-refractivity contribution in [3.63, 3.8) is 0 Å². The molecule has 0 spiro atoms. The maximum absolute atomic E-state index is 12.5. The van der Waals surface area contributed by atoms with E-state index in [4.69, 9.17) is 4.74 Å². The van der Waals surface area contributed by atoms with Crippen LogP contribution in [0.4, 0.5) is 5.69 Å². The molecule has 0 aliphatic rings. The van der Waals surface area contributed by atoms with Gasteiger partial charge in [0.2, 0.25) is 0 Å². The zero-order valence-corrected chi connectivity index (χ0v) is 18.7. The van der Waals surface area contributed by atoms with Crippen LogP contribution in [0.5, 0.6) is 0 Å². The van der Waals surface area contributed by atoms with Crippen LogP contribution in [-0.4, -0.2) is 45.1 Å². The van der Waals surface area contributed by atoms with E-state index in [1.165, 1.54) is 24.3 Å². The van der Waals surface area contributed by atoms with Gasteiger partial charge in [-0.25, -0.2) is 13.2 Å². The number of benzene rings is 2. The maximum Gasteiger partial charge on any atom is 0.329 e. The van der Waals surface area contributed by atoms with Crippen molar-refractivity contribution in [2.75, 3.05) is 18.2 Å². The van der Waals surface area contributed by atoms with Crippen molar-refractivity contribution in [2.24, 2.45) is 5.92 Å². The second-order valence-electron chi connectivity index (χ2n) is 7.46. The van der Waals surface area contributed by atoms with Crippen molar-refractivity contribution in [3.05, 3.63) is 59.7 Å². The Kier molecular flexibility index (Phi) is 7.93. The lowest BCUT2D eigenvalue weighted by molar-refractivity contribution is -0.150. The smallest absolute Gasteiger partial charge is 0.329 e. The highest BCUT2D eigenvalue weighted by atomic mass is 32.2. The zero-order chi connectivity index (χ0) is 23.2. The van der Waals surface area contributed by atoms with Crippen LogP contribution in [0.3, 0.4) is 0 Å². The van der Waals surface area contributed by atoms with E-state index in [9.17, 15) is 22.8 Å². The molecule has 0 heterocycles. The number of nitrogens with one attached hydrogen (secondary N) is 2. The van der Waals surface area contributed by atoms with Gasteiger partial charge in [0.15, 0.2) is 16.4 Å². The van der Waals surface area contributed by atoms with Crippen molar-refractivity contribution in [3.8, 4) is 0 Å². The Hall–Kier alpha value is -3.20. The van der Waals surface area contributed by atoms with Gasteiger partial charge >= 0.3 is 5.97 Å². The summed E-state index contributed by atoms with van der Waals surface area (Å²) >= 11 is 0. The van der Waals surface area contributed by atoms with Crippen molar-refractivity contribution < 1.29 is 27.5 Å². The van der Waals surface area contributed by atoms with Gasteiger partial charge in [0.1, 0.15) is 6.04 Å². The number of amides is 2. The topological polar surface area (TPSA) is 119 Å². The molecule has 0 radical (unpaired) electrons. The first-order valence-corrected chi connectivity index (χ1v) is 11.5. The molecule has 2 aromatic rings. The summed E-state index contributed by atoms with van der Waals surface area (Å²) in [5.41, 5.74) is 1.59. The summed E-state index contributed by atoms with van der Waals surface area (Å²) < 4.78 is 28.0. The molecule has 0 aromatic heterocycles. The van der Waals surface area contributed by atoms with E-state index in [-0.39, 0.29) is 10.8 Å². The van der Waals surface area contributed by atoms with Crippen molar-refractivity contribution in [1.82, 2.24) is 5.32 Å². The van der Waals surface area contributed by atoms with Gasteiger partial charge < -0.3 is 15.4 Å². The number of ether oxygens (including phenoxy) is 1. The lowest BCUT2D eigenvalue weighted by Gasteiger charge is -2.21. The molecule has 0 aliphatic carbocycles. The van der Waals surface area contributed by atoms with Crippen LogP contribution >= 0.6 is 0 Å². The quantitative estimate of drug-likeness (QED) is 0.601. The number of hydrogen-bond donors (Lipinski definition) is 2. The minimum atomic E-state index is -3.34. The molecule has 2 N–H and O–H groups in total.